The van der Waals surface area contributed by atoms with Crippen molar-refractivity contribution in [2.24, 2.45) is 17.2 Å². The quantitative estimate of drug-likeness (QED) is 0.605. The van der Waals surface area contributed by atoms with Gasteiger partial charge in [-0.25, -0.2) is 0 Å². The molecule has 0 radical (unpaired) electrons. The molecule has 0 bridgehead atoms. The van der Waals surface area contributed by atoms with E-state index in [1.807, 2.05) is 0 Å². The first-order chi connectivity index (χ1) is 9.92. The Balaban J connectivity index is 2.11. The first kappa shape index (κ1) is 17.2. The van der Waals surface area contributed by atoms with Gasteiger partial charge in [-0.15, -0.1) is 0 Å². The lowest BCUT2D eigenvalue weighted by molar-refractivity contribution is -0.119. The number of hydrazine groups is 1. The molecule has 0 aromatic rings. The number of ether oxygens (including phenoxy) is 2. The topological polar surface area (TPSA) is 56.5 Å². The lowest BCUT2D eigenvalue weighted by Crippen LogP contribution is -2.57. The van der Waals surface area contributed by atoms with E-state index in [1.165, 1.54) is 25.7 Å². The maximum absolute atomic E-state index is 6.17. The van der Waals surface area contributed by atoms with Gasteiger partial charge in [-0.05, 0) is 43.9 Å². The monoisotopic (exact) mass is 298 g/mol. The van der Waals surface area contributed by atoms with Crippen LogP contribution in [-0.2, 0) is 9.47 Å². The normalized spacial score (nSPS) is 28.7. The van der Waals surface area contributed by atoms with Crippen LogP contribution in [0.1, 0.15) is 66.2 Å². The number of rotatable bonds is 5. The summed E-state index contributed by atoms with van der Waals surface area (Å²) < 4.78 is 12.2. The smallest absolute Gasteiger partial charge is 0.0792 e. The van der Waals surface area contributed by atoms with Crippen molar-refractivity contribution >= 4 is 0 Å². The molecule has 1 aliphatic heterocycles. The lowest BCUT2D eigenvalue weighted by Gasteiger charge is -2.45. The highest BCUT2D eigenvalue weighted by atomic mass is 16.5. The summed E-state index contributed by atoms with van der Waals surface area (Å²) in [6.45, 7) is 10.4. The Hall–Kier alpha value is -0.160. The van der Waals surface area contributed by atoms with Crippen LogP contribution >= 0.6 is 0 Å². The van der Waals surface area contributed by atoms with E-state index < -0.39 is 0 Å². The molecule has 0 aromatic carbocycles. The van der Waals surface area contributed by atoms with Crippen molar-refractivity contribution in [2.45, 2.75) is 84.0 Å². The molecule has 1 spiro atoms. The lowest BCUT2D eigenvalue weighted by atomic mass is 9.74. The molecule has 0 amide bonds. The predicted molar refractivity (Wildman–Crippen MR) is 85.9 cm³/mol. The summed E-state index contributed by atoms with van der Waals surface area (Å²) in [5, 5.41) is 0. The van der Waals surface area contributed by atoms with Crippen LogP contribution in [0.3, 0.4) is 0 Å². The molecule has 1 heterocycles. The standard InChI is InChI=1S/C17H34N2O2/c1-5-20-15(16(2,3)4)14(19-18)13-8-11-21-17(12-13)9-6-7-10-17/h13-15,19H,5-12,18H2,1-4H3. The first-order valence-electron chi connectivity index (χ1n) is 8.63. The number of hydrogen-bond donors (Lipinski definition) is 2. The summed E-state index contributed by atoms with van der Waals surface area (Å²) in [4.78, 5) is 0. The molecule has 3 atom stereocenters. The summed E-state index contributed by atoms with van der Waals surface area (Å²) in [7, 11) is 0. The third-order valence-electron chi connectivity index (χ3n) is 5.27. The fraction of sp³-hybridized carbons (Fsp3) is 1.00. The van der Waals surface area contributed by atoms with Crippen LogP contribution < -0.4 is 11.3 Å². The third-order valence-corrected chi connectivity index (χ3v) is 5.27. The Bertz CT molecular complexity index is 321. The van der Waals surface area contributed by atoms with E-state index in [0.29, 0.717) is 5.92 Å². The van der Waals surface area contributed by atoms with Crippen LogP contribution in [0.4, 0.5) is 0 Å². The molecule has 124 valence electrons. The van der Waals surface area contributed by atoms with E-state index in [2.05, 4.69) is 33.1 Å². The van der Waals surface area contributed by atoms with Crippen LogP contribution in [0.2, 0.25) is 0 Å². The molecule has 3 N–H and O–H groups in total. The summed E-state index contributed by atoms with van der Waals surface area (Å²) in [5.41, 5.74) is 3.30. The zero-order valence-corrected chi connectivity index (χ0v) is 14.3. The van der Waals surface area contributed by atoms with E-state index in [9.17, 15) is 0 Å². The fourth-order valence-corrected chi connectivity index (χ4v) is 4.28. The van der Waals surface area contributed by atoms with Crippen molar-refractivity contribution in [2.75, 3.05) is 13.2 Å². The van der Waals surface area contributed by atoms with Crippen molar-refractivity contribution in [3.63, 3.8) is 0 Å². The van der Waals surface area contributed by atoms with Gasteiger partial charge in [0.25, 0.3) is 0 Å². The van der Waals surface area contributed by atoms with Gasteiger partial charge in [0.1, 0.15) is 0 Å². The highest BCUT2D eigenvalue weighted by Crippen LogP contribution is 2.44. The second-order valence-electron chi connectivity index (χ2n) is 7.93. The van der Waals surface area contributed by atoms with Gasteiger partial charge < -0.3 is 9.47 Å². The molecule has 4 heteroatoms. The number of nitrogens with two attached hydrogens (primary N) is 1. The molecule has 2 rings (SSSR count). The largest absolute Gasteiger partial charge is 0.376 e. The molecule has 3 unspecified atom stereocenters. The Kier molecular flexibility index (Phi) is 5.69. The van der Waals surface area contributed by atoms with Gasteiger partial charge in [-0.1, -0.05) is 33.6 Å². The predicted octanol–water partition coefficient (Wildman–Crippen LogP) is 3.01. The average molecular weight is 298 g/mol. The fourth-order valence-electron chi connectivity index (χ4n) is 4.28. The van der Waals surface area contributed by atoms with Crippen LogP contribution in [0.25, 0.3) is 0 Å². The zero-order valence-electron chi connectivity index (χ0n) is 14.3. The van der Waals surface area contributed by atoms with E-state index >= 15 is 0 Å². The van der Waals surface area contributed by atoms with E-state index in [4.69, 9.17) is 15.3 Å². The molecule has 0 aromatic heterocycles. The van der Waals surface area contributed by atoms with Gasteiger partial charge in [0.2, 0.25) is 0 Å². The van der Waals surface area contributed by atoms with Crippen LogP contribution in [0.15, 0.2) is 0 Å². The van der Waals surface area contributed by atoms with E-state index in [0.717, 1.165) is 26.1 Å². The molecular weight excluding hydrogens is 264 g/mol. The van der Waals surface area contributed by atoms with E-state index in [-0.39, 0.29) is 23.2 Å². The molecule has 2 fully saturated rings. The number of nitrogens with one attached hydrogen (secondary N) is 1. The van der Waals surface area contributed by atoms with Crippen molar-refractivity contribution in [1.82, 2.24) is 5.43 Å². The summed E-state index contributed by atoms with van der Waals surface area (Å²) in [6, 6.07) is 0.200. The number of hydrogen-bond acceptors (Lipinski definition) is 4. The molecule has 21 heavy (non-hydrogen) atoms. The Labute approximate surface area is 130 Å². The highest BCUT2D eigenvalue weighted by molar-refractivity contribution is 4.97. The summed E-state index contributed by atoms with van der Waals surface area (Å²) in [5.74, 6) is 6.49. The Morgan fingerprint density at radius 1 is 1.33 bits per heavy atom. The minimum atomic E-state index is 0.0776. The van der Waals surface area contributed by atoms with Gasteiger partial charge in [0, 0.05) is 13.2 Å². The summed E-state index contributed by atoms with van der Waals surface area (Å²) in [6.07, 6.45) is 7.39. The molecule has 1 saturated carbocycles. The second kappa shape index (κ2) is 6.95. The molecule has 1 saturated heterocycles. The highest BCUT2D eigenvalue weighted by Gasteiger charge is 2.45. The van der Waals surface area contributed by atoms with Gasteiger partial charge in [0.05, 0.1) is 17.7 Å². The maximum Gasteiger partial charge on any atom is 0.0792 e. The first-order valence-corrected chi connectivity index (χ1v) is 8.63. The van der Waals surface area contributed by atoms with Crippen molar-refractivity contribution < 1.29 is 9.47 Å². The van der Waals surface area contributed by atoms with Crippen molar-refractivity contribution in [1.29, 1.82) is 0 Å². The Morgan fingerprint density at radius 2 is 2.00 bits per heavy atom. The Morgan fingerprint density at radius 3 is 2.52 bits per heavy atom. The SMILES string of the molecule is CCOC(C(NN)C1CCOC2(CCCC2)C1)C(C)(C)C. The minimum absolute atomic E-state index is 0.0776. The van der Waals surface area contributed by atoms with Crippen molar-refractivity contribution in [3.05, 3.63) is 0 Å². The third kappa shape index (κ3) is 3.98. The molecule has 1 aliphatic carbocycles. The second-order valence-corrected chi connectivity index (χ2v) is 7.93. The average Bonchev–Trinajstić information content (AvgIpc) is 2.86. The maximum atomic E-state index is 6.17. The van der Waals surface area contributed by atoms with Gasteiger partial charge in [-0.2, -0.15) is 0 Å². The van der Waals surface area contributed by atoms with Crippen molar-refractivity contribution in [3.8, 4) is 0 Å². The zero-order chi connectivity index (χ0) is 15.5. The molecular formula is C17H34N2O2. The van der Waals surface area contributed by atoms with Crippen LogP contribution in [-0.4, -0.2) is 31.0 Å². The minimum Gasteiger partial charge on any atom is -0.376 e. The summed E-state index contributed by atoms with van der Waals surface area (Å²) >= 11 is 0. The van der Waals surface area contributed by atoms with Crippen LogP contribution in [0, 0.1) is 11.3 Å². The van der Waals surface area contributed by atoms with Gasteiger partial charge in [0.15, 0.2) is 0 Å². The van der Waals surface area contributed by atoms with Gasteiger partial charge >= 0.3 is 0 Å². The van der Waals surface area contributed by atoms with Crippen LogP contribution in [0.5, 0.6) is 0 Å². The molecule has 2 aliphatic rings. The van der Waals surface area contributed by atoms with Gasteiger partial charge in [-0.3, -0.25) is 11.3 Å². The molecule has 4 nitrogen and oxygen atoms in total. The van der Waals surface area contributed by atoms with E-state index in [1.54, 1.807) is 0 Å².